The van der Waals surface area contributed by atoms with Crippen molar-refractivity contribution in [3.05, 3.63) is 47.4 Å². The van der Waals surface area contributed by atoms with Crippen LogP contribution in [0.1, 0.15) is 71.6 Å². The summed E-state index contributed by atoms with van der Waals surface area (Å²) < 4.78 is 6.02. The Balaban J connectivity index is 1.50. The van der Waals surface area contributed by atoms with Crippen LogP contribution in [0.4, 0.5) is 0 Å². The van der Waals surface area contributed by atoms with E-state index in [1.165, 1.54) is 56.2 Å². The number of fused-ring (bicyclic) bond motifs is 1. The maximum absolute atomic E-state index is 6.02. The Morgan fingerprint density at radius 2 is 2.07 bits per heavy atom. The molecule has 0 radical (unpaired) electrons. The van der Waals surface area contributed by atoms with Crippen LogP contribution in [0.25, 0.3) is 0 Å². The van der Waals surface area contributed by atoms with E-state index in [4.69, 9.17) is 14.7 Å². The van der Waals surface area contributed by atoms with E-state index in [1.807, 2.05) is 12.3 Å². The first kappa shape index (κ1) is 21.0. The summed E-state index contributed by atoms with van der Waals surface area (Å²) in [6, 6.07) is 0.110. The van der Waals surface area contributed by atoms with Crippen LogP contribution in [0.3, 0.4) is 0 Å². The quantitative estimate of drug-likeness (QED) is 0.401. The van der Waals surface area contributed by atoms with Crippen LogP contribution >= 0.6 is 0 Å². The fourth-order valence-corrected chi connectivity index (χ4v) is 4.74. The summed E-state index contributed by atoms with van der Waals surface area (Å²) in [7, 11) is 0. The second-order valence-corrected chi connectivity index (χ2v) is 8.72. The zero-order valence-corrected chi connectivity index (χ0v) is 18.5. The number of hydrogen-bond acceptors (Lipinski definition) is 4. The molecule has 30 heavy (non-hydrogen) atoms. The average molecular weight is 406 g/mol. The summed E-state index contributed by atoms with van der Waals surface area (Å²) >= 11 is 0. The summed E-state index contributed by atoms with van der Waals surface area (Å²) in [6.07, 6.45) is 23.8. The predicted molar refractivity (Wildman–Crippen MR) is 127 cm³/mol. The zero-order chi connectivity index (χ0) is 20.8. The molecule has 0 aromatic rings. The summed E-state index contributed by atoms with van der Waals surface area (Å²) in [5.74, 6) is 1.57. The first-order valence-electron chi connectivity index (χ1n) is 11.9. The van der Waals surface area contributed by atoms with Crippen LogP contribution in [0.15, 0.2) is 62.4 Å². The van der Waals surface area contributed by atoms with Crippen molar-refractivity contribution in [1.82, 2.24) is 0 Å². The molecule has 3 heterocycles. The zero-order valence-electron chi connectivity index (χ0n) is 18.5. The number of hydrogen-bond donors (Lipinski definition) is 0. The SMILES string of the molecule is CCCCCCC1CCCC2=NC(=CC3=NC(C4C=CC=N4)C=C3OCCC)C=C21. The Morgan fingerprint density at radius 1 is 1.13 bits per heavy atom. The van der Waals surface area contributed by atoms with Crippen molar-refractivity contribution >= 4 is 17.6 Å². The van der Waals surface area contributed by atoms with Gasteiger partial charge in [0.15, 0.2) is 0 Å². The van der Waals surface area contributed by atoms with Gasteiger partial charge in [0.2, 0.25) is 0 Å². The summed E-state index contributed by atoms with van der Waals surface area (Å²) in [5, 5.41) is 0. The monoisotopic (exact) mass is 405 g/mol. The summed E-state index contributed by atoms with van der Waals surface area (Å²) in [4.78, 5) is 14.4. The Hall–Kier alpha value is -2.23. The summed E-state index contributed by atoms with van der Waals surface area (Å²) in [5.41, 5.74) is 4.75. The molecule has 4 nitrogen and oxygen atoms in total. The lowest BCUT2D eigenvalue weighted by atomic mass is 9.80. The second kappa shape index (κ2) is 10.2. The van der Waals surface area contributed by atoms with Gasteiger partial charge in [0.25, 0.3) is 0 Å². The lowest BCUT2D eigenvalue weighted by Crippen LogP contribution is -2.17. The van der Waals surface area contributed by atoms with Gasteiger partial charge < -0.3 is 4.74 Å². The highest BCUT2D eigenvalue weighted by molar-refractivity contribution is 6.11. The largest absolute Gasteiger partial charge is 0.492 e. The number of nitrogens with zero attached hydrogens (tertiary/aromatic N) is 3. The van der Waals surface area contributed by atoms with Crippen molar-refractivity contribution in [3.8, 4) is 0 Å². The maximum Gasteiger partial charge on any atom is 0.142 e. The molecule has 0 spiro atoms. The third-order valence-electron chi connectivity index (χ3n) is 6.32. The van der Waals surface area contributed by atoms with Gasteiger partial charge in [0.05, 0.1) is 24.4 Å². The molecule has 0 saturated heterocycles. The first-order valence-corrected chi connectivity index (χ1v) is 11.9. The van der Waals surface area contributed by atoms with Crippen molar-refractivity contribution in [3.63, 3.8) is 0 Å². The number of ether oxygens (including phenoxy) is 1. The molecule has 0 bridgehead atoms. The highest BCUT2D eigenvalue weighted by atomic mass is 16.5. The van der Waals surface area contributed by atoms with E-state index >= 15 is 0 Å². The van der Waals surface area contributed by atoms with Gasteiger partial charge in [-0.25, -0.2) is 0 Å². The highest BCUT2D eigenvalue weighted by Crippen LogP contribution is 2.36. The Kier molecular flexibility index (Phi) is 7.14. The van der Waals surface area contributed by atoms with Gasteiger partial charge in [0.1, 0.15) is 11.5 Å². The van der Waals surface area contributed by atoms with Gasteiger partial charge >= 0.3 is 0 Å². The molecule has 1 fully saturated rings. The van der Waals surface area contributed by atoms with E-state index < -0.39 is 0 Å². The Labute approximate surface area is 181 Å². The average Bonchev–Trinajstić information content (AvgIpc) is 3.49. The molecule has 1 aliphatic carbocycles. The minimum Gasteiger partial charge on any atom is -0.492 e. The molecule has 4 heteroatoms. The van der Waals surface area contributed by atoms with Gasteiger partial charge in [-0.1, -0.05) is 45.6 Å². The van der Waals surface area contributed by atoms with Crippen molar-refractivity contribution in [1.29, 1.82) is 0 Å². The van der Waals surface area contributed by atoms with E-state index in [0.717, 1.165) is 30.0 Å². The van der Waals surface area contributed by atoms with Crippen LogP contribution < -0.4 is 0 Å². The van der Waals surface area contributed by atoms with Gasteiger partial charge in [-0.2, -0.15) is 0 Å². The Bertz CT molecular complexity index is 828. The van der Waals surface area contributed by atoms with E-state index in [9.17, 15) is 0 Å². The third-order valence-corrected chi connectivity index (χ3v) is 6.32. The number of unbranched alkanes of at least 4 members (excludes halogenated alkanes) is 3. The molecule has 1 saturated carbocycles. The van der Waals surface area contributed by atoms with Crippen LogP contribution in [0.5, 0.6) is 0 Å². The standard InChI is InChI=1S/C26H35N3O/c1-3-5-6-7-10-19-11-8-12-22-21(19)16-20(28-22)17-25-26(30-15-4-2)18-24(29-25)23-13-9-14-27-23/h9,13-14,16-19,23-24H,3-8,10-12,15H2,1-2H3. The minimum atomic E-state index is 0.0222. The number of allylic oxidation sites excluding steroid dienone is 4. The van der Waals surface area contributed by atoms with E-state index in [-0.39, 0.29) is 12.1 Å². The normalized spacial score (nSPS) is 28.5. The summed E-state index contributed by atoms with van der Waals surface area (Å²) in [6.45, 7) is 5.12. The fourth-order valence-electron chi connectivity index (χ4n) is 4.74. The predicted octanol–water partition coefficient (Wildman–Crippen LogP) is 6.16. The molecular formula is C26H35N3O. The van der Waals surface area contributed by atoms with Gasteiger partial charge in [-0.05, 0) is 67.9 Å². The van der Waals surface area contributed by atoms with Crippen molar-refractivity contribution in [2.45, 2.75) is 83.7 Å². The minimum absolute atomic E-state index is 0.0222. The Morgan fingerprint density at radius 3 is 2.87 bits per heavy atom. The number of aliphatic imine (C=N–C) groups is 3. The van der Waals surface area contributed by atoms with Crippen LogP contribution in [-0.2, 0) is 4.74 Å². The smallest absolute Gasteiger partial charge is 0.142 e. The van der Waals surface area contributed by atoms with Crippen LogP contribution in [-0.4, -0.2) is 36.3 Å². The molecule has 0 N–H and O–H groups in total. The van der Waals surface area contributed by atoms with Crippen LogP contribution in [0, 0.1) is 5.92 Å². The molecule has 0 aromatic heterocycles. The van der Waals surface area contributed by atoms with Crippen LogP contribution in [0.2, 0.25) is 0 Å². The van der Waals surface area contributed by atoms with Crippen molar-refractivity contribution < 1.29 is 4.74 Å². The molecule has 4 aliphatic rings. The molecule has 3 atom stereocenters. The molecule has 0 aromatic carbocycles. The second-order valence-electron chi connectivity index (χ2n) is 8.72. The first-order chi connectivity index (χ1) is 14.8. The molecule has 4 rings (SSSR count). The fraction of sp³-hybridized carbons (Fsp3) is 0.577. The highest BCUT2D eigenvalue weighted by Gasteiger charge is 2.29. The van der Waals surface area contributed by atoms with Gasteiger partial charge in [-0.15, -0.1) is 0 Å². The molecule has 0 amide bonds. The van der Waals surface area contributed by atoms with Crippen molar-refractivity contribution in [2.24, 2.45) is 20.9 Å². The van der Waals surface area contributed by atoms with E-state index in [2.05, 4.69) is 43.1 Å². The topological polar surface area (TPSA) is 46.3 Å². The maximum atomic E-state index is 6.02. The van der Waals surface area contributed by atoms with Crippen molar-refractivity contribution in [2.75, 3.05) is 6.61 Å². The lowest BCUT2D eigenvalue weighted by Gasteiger charge is -2.24. The molecule has 160 valence electrons. The third kappa shape index (κ3) is 4.91. The molecule has 3 unspecified atom stereocenters. The van der Waals surface area contributed by atoms with Gasteiger partial charge in [-0.3, -0.25) is 15.0 Å². The van der Waals surface area contributed by atoms with E-state index in [1.54, 1.807) is 0 Å². The number of rotatable bonds is 10. The molecule has 3 aliphatic heterocycles. The van der Waals surface area contributed by atoms with Gasteiger partial charge in [0, 0.05) is 11.9 Å². The molecular weight excluding hydrogens is 370 g/mol. The van der Waals surface area contributed by atoms with E-state index in [0.29, 0.717) is 12.5 Å². The lowest BCUT2D eigenvalue weighted by molar-refractivity contribution is 0.232.